The number of aromatic nitrogens is 1. The topological polar surface area (TPSA) is 54.0 Å². The van der Waals surface area contributed by atoms with Crippen molar-refractivity contribution in [1.82, 2.24) is 15.6 Å². The third kappa shape index (κ3) is 3.97. The minimum absolute atomic E-state index is 0.0223. The highest BCUT2D eigenvalue weighted by atomic mass is 35.5. The number of piperidine rings is 1. The average molecular weight is 364 g/mol. The van der Waals surface area contributed by atoms with E-state index in [4.69, 9.17) is 11.6 Å². The molecule has 1 aliphatic rings. The van der Waals surface area contributed by atoms with E-state index in [0.29, 0.717) is 0 Å². The zero-order valence-corrected chi connectivity index (χ0v) is 15.5. The van der Waals surface area contributed by atoms with Crippen molar-refractivity contribution in [3.63, 3.8) is 0 Å². The van der Waals surface area contributed by atoms with Gasteiger partial charge in [0.1, 0.15) is 5.01 Å². The smallest absolute Gasteiger partial charge is 0.223 e. The Morgan fingerprint density at radius 3 is 2.67 bits per heavy atom. The number of hydrogen-bond donors (Lipinski definition) is 2. The zero-order chi connectivity index (χ0) is 17.1. The number of rotatable bonds is 4. The van der Waals surface area contributed by atoms with Crippen molar-refractivity contribution in [2.24, 2.45) is 5.92 Å². The third-order valence-electron chi connectivity index (χ3n) is 4.39. The van der Waals surface area contributed by atoms with Crippen molar-refractivity contribution in [2.75, 3.05) is 13.1 Å². The summed E-state index contributed by atoms with van der Waals surface area (Å²) in [5, 5.41) is 8.13. The lowest BCUT2D eigenvalue weighted by atomic mass is 9.97. The standard InChI is InChI=1S/C18H22ClN3OS/c1-11(21-17(23)13-7-9-20-10-8-13)16-12(2)22-18(24-16)14-3-5-15(19)6-4-14/h3-6,11,13,20H,7-10H2,1-2H3,(H,21,23). The van der Waals surface area contributed by atoms with Crippen molar-refractivity contribution in [2.45, 2.75) is 32.7 Å². The lowest BCUT2D eigenvalue weighted by Crippen LogP contribution is -2.39. The molecule has 0 aliphatic carbocycles. The molecule has 2 heterocycles. The van der Waals surface area contributed by atoms with Gasteiger partial charge in [-0.2, -0.15) is 0 Å². The van der Waals surface area contributed by atoms with Crippen molar-refractivity contribution in [1.29, 1.82) is 0 Å². The van der Waals surface area contributed by atoms with E-state index in [-0.39, 0.29) is 17.9 Å². The van der Waals surface area contributed by atoms with Crippen LogP contribution in [0, 0.1) is 12.8 Å². The Morgan fingerprint density at radius 2 is 2.00 bits per heavy atom. The van der Waals surface area contributed by atoms with Crippen LogP contribution in [0.25, 0.3) is 10.6 Å². The Morgan fingerprint density at radius 1 is 1.33 bits per heavy atom. The van der Waals surface area contributed by atoms with Crippen LogP contribution in [0.4, 0.5) is 0 Å². The quantitative estimate of drug-likeness (QED) is 0.864. The highest BCUT2D eigenvalue weighted by Gasteiger charge is 2.24. The fourth-order valence-electron chi connectivity index (χ4n) is 3.01. The summed E-state index contributed by atoms with van der Waals surface area (Å²) in [6.07, 6.45) is 1.83. The zero-order valence-electron chi connectivity index (χ0n) is 13.9. The van der Waals surface area contributed by atoms with E-state index >= 15 is 0 Å². The van der Waals surface area contributed by atoms with Gasteiger partial charge in [0, 0.05) is 16.5 Å². The Bertz CT molecular complexity index is 708. The van der Waals surface area contributed by atoms with Gasteiger partial charge in [-0.1, -0.05) is 23.7 Å². The van der Waals surface area contributed by atoms with Gasteiger partial charge in [0.2, 0.25) is 5.91 Å². The van der Waals surface area contributed by atoms with Crippen molar-refractivity contribution in [3.05, 3.63) is 39.9 Å². The molecule has 24 heavy (non-hydrogen) atoms. The van der Waals surface area contributed by atoms with E-state index in [2.05, 4.69) is 15.6 Å². The summed E-state index contributed by atoms with van der Waals surface area (Å²) in [6.45, 7) is 5.88. The summed E-state index contributed by atoms with van der Waals surface area (Å²) in [5.41, 5.74) is 2.03. The Hall–Kier alpha value is -1.43. The molecule has 2 aromatic rings. The van der Waals surface area contributed by atoms with Crippen molar-refractivity contribution < 1.29 is 4.79 Å². The van der Waals surface area contributed by atoms with Crippen LogP contribution in [-0.4, -0.2) is 24.0 Å². The van der Waals surface area contributed by atoms with Crippen LogP contribution in [0.5, 0.6) is 0 Å². The molecular weight excluding hydrogens is 342 g/mol. The molecule has 1 atom stereocenters. The van der Waals surface area contributed by atoms with Crippen LogP contribution in [0.3, 0.4) is 0 Å². The summed E-state index contributed by atoms with van der Waals surface area (Å²) >= 11 is 7.58. The first-order valence-electron chi connectivity index (χ1n) is 8.29. The average Bonchev–Trinajstić information content (AvgIpc) is 2.98. The number of carbonyl (C=O) groups is 1. The normalized spacial score (nSPS) is 16.8. The maximum absolute atomic E-state index is 12.4. The minimum atomic E-state index is -0.0223. The molecule has 0 saturated carbocycles. The number of halogens is 1. The number of benzene rings is 1. The molecule has 3 rings (SSSR count). The largest absolute Gasteiger partial charge is 0.348 e. The number of aryl methyl sites for hydroxylation is 1. The molecule has 0 bridgehead atoms. The van der Waals surface area contributed by atoms with Crippen LogP contribution in [0.15, 0.2) is 24.3 Å². The van der Waals surface area contributed by atoms with Gasteiger partial charge < -0.3 is 10.6 Å². The van der Waals surface area contributed by atoms with E-state index in [1.165, 1.54) is 0 Å². The van der Waals surface area contributed by atoms with Gasteiger partial charge in [0.05, 0.1) is 16.6 Å². The first kappa shape index (κ1) is 17.4. The van der Waals surface area contributed by atoms with Gasteiger partial charge >= 0.3 is 0 Å². The van der Waals surface area contributed by atoms with E-state index in [1.54, 1.807) is 11.3 Å². The van der Waals surface area contributed by atoms with Gasteiger partial charge in [0.15, 0.2) is 0 Å². The number of amides is 1. The van der Waals surface area contributed by atoms with Crippen LogP contribution in [0.2, 0.25) is 5.02 Å². The summed E-state index contributed by atoms with van der Waals surface area (Å²) in [5.74, 6) is 0.280. The molecule has 1 unspecified atom stereocenters. The third-order valence-corrected chi connectivity index (χ3v) is 6.03. The monoisotopic (exact) mass is 363 g/mol. The van der Waals surface area contributed by atoms with Gasteiger partial charge in [-0.3, -0.25) is 4.79 Å². The van der Waals surface area contributed by atoms with Crippen LogP contribution >= 0.6 is 22.9 Å². The molecule has 1 aliphatic heterocycles. The minimum Gasteiger partial charge on any atom is -0.348 e. The predicted molar refractivity (Wildman–Crippen MR) is 99.4 cm³/mol. The Balaban J connectivity index is 1.71. The van der Waals surface area contributed by atoms with Crippen LogP contribution in [-0.2, 0) is 4.79 Å². The molecule has 1 aromatic heterocycles. The molecule has 0 spiro atoms. The highest BCUT2D eigenvalue weighted by molar-refractivity contribution is 7.15. The molecule has 0 radical (unpaired) electrons. The molecule has 4 nitrogen and oxygen atoms in total. The van der Waals surface area contributed by atoms with Crippen LogP contribution < -0.4 is 10.6 Å². The lowest BCUT2D eigenvalue weighted by molar-refractivity contribution is -0.126. The molecule has 2 N–H and O–H groups in total. The SMILES string of the molecule is Cc1nc(-c2ccc(Cl)cc2)sc1C(C)NC(=O)C1CCNCC1. The molecule has 1 amide bonds. The van der Waals surface area contributed by atoms with Crippen molar-refractivity contribution >= 4 is 28.8 Å². The van der Waals surface area contributed by atoms with Crippen LogP contribution in [0.1, 0.15) is 36.4 Å². The summed E-state index contributed by atoms with van der Waals surface area (Å²) in [4.78, 5) is 18.2. The first-order valence-corrected chi connectivity index (χ1v) is 9.48. The molecule has 1 aromatic carbocycles. The molecular formula is C18H22ClN3OS. The second-order valence-corrected chi connectivity index (χ2v) is 7.70. The van der Waals surface area contributed by atoms with Gasteiger partial charge in [-0.25, -0.2) is 4.98 Å². The van der Waals surface area contributed by atoms with E-state index in [1.807, 2.05) is 38.1 Å². The van der Waals surface area contributed by atoms with Gasteiger partial charge in [0.25, 0.3) is 0 Å². The summed E-state index contributed by atoms with van der Waals surface area (Å²) < 4.78 is 0. The highest BCUT2D eigenvalue weighted by Crippen LogP contribution is 2.32. The fraction of sp³-hybridized carbons (Fsp3) is 0.444. The van der Waals surface area contributed by atoms with E-state index < -0.39 is 0 Å². The van der Waals surface area contributed by atoms with Gasteiger partial charge in [-0.15, -0.1) is 11.3 Å². The van der Waals surface area contributed by atoms with E-state index in [9.17, 15) is 4.79 Å². The summed E-state index contributed by atoms with van der Waals surface area (Å²) in [6, 6.07) is 7.67. The second-order valence-electron chi connectivity index (χ2n) is 6.23. The second kappa shape index (κ2) is 7.64. The number of hydrogen-bond acceptors (Lipinski definition) is 4. The summed E-state index contributed by atoms with van der Waals surface area (Å²) in [7, 11) is 0. The fourth-order valence-corrected chi connectivity index (χ4v) is 4.21. The predicted octanol–water partition coefficient (Wildman–Crippen LogP) is 3.95. The molecule has 1 saturated heterocycles. The molecule has 1 fully saturated rings. The first-order chi connectivity index (χ1) is 11.5. The number of nitrogens with one attached hydrogen (secondary N) is 2. The maximum Gasteiger partial charge on any atom is 0.223 e. The van der Waals surface area contributed by atoms with Gasteiger partial charge in [-0.05, 0) is 51.9 Å². The van der Waals surface area contributed by atoms with Crippen molar-refractivity contribution in [3.8, 4) is 10.6 Å². The Kier molecular flexibility index (Phi) is 5.54. The Labute approximate surface area is 151 Å². The maximum atomic E-state index is 12.4. The number of thiazole rings is 1. The molecule has 6 heteroatoms. The number of carbonyl (C=O) groups excluding carboxylic acids is 1. The lowest BCUT2D eigenvalue weighted by Gasteiger charge is -2.23. The van der Waals surface area contributed by atoms with E-state index in [0.717, 1.165) is 52.1 Å². The molecule has 128 valence electrons. The number of nitrogens with zero attached hydrogens (tertiary/aromatic N) is 1.